The fraction of sp³-hybridized carbons (Fsp3) is 0.278. The standard InChI is InChI=1S/C18H21NOS/c1-18(2,3)14-8-10-15(11-9-14)20-12-13-6-4-5-7-16(13)17(19)21/h4-11H,12H2,1-3H3,(H2,19,21). The molecule has 3 heteroatoms. The van der Waals surface area contributed by atoms with Gasteiger partial charge in [0.05, 0.1) is 0 Å². The van der Waals surface area contributed by atoms with Gasteiger partial charge in [0.1, 0.15) is 17.3 Å². The second kappa shape index (κ2) is 6.27. The monoisotopic (exact) mass is 299 g/mol. The number of ether oxygens (including phenoxy) is 1. The van der Waals surface area contributed by atoms with E-state index in [-0.39, 0.29) is 5.41 Å². The zero-order valence-corrected chi connectivity index (χ0v) is 13.5. The maximum absolute atomic E-state index is 5.84. The van der Waals surface area contributed by atoms with E-state index < -0.39 is 0 Å². The highest BCUT2D eigenvalue weighted by molar-refractivity contribution is 7.80. The van der Waals surface area contributed by atoms with Crippen molar-refractivity contribution in [2.24, 2.45) is 5.73 Å². The minimum Gasteiger partial charge on any atom is -0.489 e. The van der Waals surface area contributed by atoms with Crippen LogP contribution in [0.15, 0.2) is 48.5 Å². The average Bonchev–Trinajstić information content (AvgIpc) is 2.45. The zero-order chi connectivity index (χ0) is 15.5. The van der Waals surface area contributed by atoms with Crippen LogP contribution >= 0.6 is 12.2 Å². The third-order valence-electron chi connectivity index (χ3n) is 3.40. The summed E-state index contributed by atoms with van der Waals surface area (Å²) < 4.78 is 5.84. The Kier molecular flexibility index (Phi) is 4.63. The Morgan fingerprint density at radius 2 is 1.67 bits per heavy atom. The smallest absolute Gasteiger partial charge is 0.119 e. The van der Waals surface area contributed by atoms with Crippen LogP contribution in [0.5, 0.6) is 5.75 Å². The Labute approximate surface area is 131 Å². The van der Waals surface area contributed by atoms with Crippen LogP contribution in [-0.2, 0) is 12.0 Å². The molecule has 0 atom stereocenters. The molecule has 2 aromatic rings. The molecule has 0 aromatic heterocycles. The summed E-state index contributed by atoms with van der Waals surface area (Å²) in [5.74, 6) is 0.848. The van der Waals surface area contributed by atoms with Gasteiger partial charge in [0, 0.05) is 5.56 Å². The number of benzene rings is 2. The van der Waals surface area contributed by atoms with E-state index in [9.17, 15) is 0 Å². The number of hydrogen-bond acceptors (Lipinski definition) is 2. The number of rotatable bonds is 4. The average molecular weight is 299 g/mol. The molecule has 0 fully saturated rings. The lowest BCUT2D eigenvalue weighted by Gasteiger charge is -2.19. The molecule has 0 bridgehead atoms. The largest absolute Gasteiger partial charge is 0.489 e. The summed E-state index contributed by atoms with van der Waals surface area (Å²) in [6.07, 6.45) is 0. The minimum atomic E-state index is 0.150. The highest BCUT2D eigenvalue weighted by atomic mass is 32.1. The predicted molar refractivity (Wildman–Crippen MR) is 91.8 cm³/mol. The van der Waals surface area contributed by atoms with Crippen LogP contribution in [0.25, 0.3) is 0 Å². The van der Waals surface area contributed by atoms with Gasteiger partial charge in [0.2, 0.25) is 0 Å². The summed E-state index contributed by atoms with van der Waals surface area (Å²) in [5.41, 5.74) is 9.05. The molecule has 0 aliphatic heterocycles. The Morgan fingerprint density at radius 1 is 1.05 bits per heavy atom. The van der Waals surface area contributed by atoms with Crippen molar-refractivity contribution in [2.45, 2.75) is 32.8 Å². The van der Waals surface area contributed by atoms with Gasteiger partial charge in [-0.15, -0.1) is 0 Å². The normalized spacial score (nSPS) is 11.2. The number of hydrogen-bond donors (Lipinski definition) is 1. The van der Waals surface area contributed by atoms with Crippen LogP contribution in [0, 0.1) is 0 Å². The lowest BCUT2D eigenvalue weighted by Crippen LogP contribution is -2.13. The molecule has 2 N–H and O–H groups in total. The fourth-order valence-electron chi connectivity index (χ4n) is 2.10. The molecule has 0 saturated carbocycles. The topological polar surface area (TPSA) is 35.2 Å². The zero-order valence-electron chi connectivity index (χ0n) is 12.7. The summed E-state index contributed by atoms with van der Waals surface area (Å²) in [4.78, 5) is 0.400. The summed E-state index contributed by atoms with van der Waals surface area (Å²) in [5, 5.41) is 0. The number of thiocarbonyl (C=S) groups is 1. The van der Waals surface area contributed by atoms with E-state index in [4.69, 9.17) is 22.7 Å². The van der Waals surface area contributed by atoms with Crippen molar-refractivity contribution < 1.29 is 4.74 Å². The van der Waals surface area contributed by atoms with Crippen molar-refractivity contribution in [1.29, 1.82) is 0 Å². The van der Waals surface area contributed by atoms with E-state index in [0.717, 1.165) is 16.9 Å². The Morgan fingerprint density at radius 3 is 2.24 bits per heavy atom. The Bertz CT molecular complexity index is 626. The molecule has 0 radical (unpaired) electrons. The van der Waals surface area contributed by atoms with Gasteiger partial charge < -0.3 is 10.5 Å². The van der Waals surface area contributed by atoms with Gasteiger partial charge in [0.25, 0.3) is 0 Å². The maximum atomic E-state index is 5.84. The highest BCUT2D eigenvalue weighted by Crippen LogP contribution is 2.24. The van der Waals surface area contributed by atoms with E-state index >= 15 is 0 Å². The minimum absolute atomic E-state index is 0.150. The van der Waals surface area contributed by atoms with Crippen molar-refractivity contribution in [3.63, 3.8) is 0 Å². The van der Waals surface area contributed by atoms with Gasteiger partial charge in [-0.2, -0.15) is 0 Å². The van der Waals surface area contributed by atoms with Crippen LogP contribution < -0.4 is 10.5 Å². The van der Waals surface area contributed by atoms with Crippen LogP contribution in [0.3, 0.4) is 0 Å². The lowest BCUT2D eigenvalue weighted by molar-refractivity contribution is 0.306. The summed E-state index contributed by atoms with van der Waals surface area (Å²) >= 11 is 5.06. The first-order valence-corrected chi connectivity index (χ1v) is 7.40. The van der Waals surface area contributed by atoms with Crippen LogP contribution in [0.1, 0.15) is 37.5 Å². The Balaban J connectivity index is 2.09. The molecule has 0 heterocycles. The van der Waals surface area contributed by atoms with Gasteiger partial charge >= 0.3 is 0 Å². The fourth-order valence-corrected chi connectivity index (χ4v) is 2.30. The van der Waals surface area contributed by atoms with Gasteiger partial charge in [-0.1, -0.05) is 69.4 Å². The molecule has 0 aliphatic carbocycles. The molecular formula is C18H21NOS. The predicted octanol–water partition coefficient (Wildman–Crippen LogP) is 4.20. The molecule has 0 unspecified atom stereocenters. The Hall–Kier alpha value is -1.87. The first kappa shape index (κ1) is 15.5. The second-order valence-electron chi connectivity index (χ2n) is 6.08. The van der Waals surface area contributed by atoms with Gasteiger partial charge in [-0.05, 0) is 28.7 Å². The second-order valence-corrected chi connectivity index (χ2v) is 6.52. The van der Waals surface area contributed by atoms with Crippen molar-refractivity contribution >= 4 is 17.2 Å². The molecule has 2 aromatic carbocycles. The van der Waals surface area contributed by atoms with Crippen molar-refractivity contribution in [1.82, 2.24) is 0 Å². The molecule has 0 aliphatic rings. The van der Waals surface area contributed by atoms with Gasteiger partial charge in [-0.25, -0.2) is 0 Å². The first-order chi connectivity index (χ1) is 9.88. The van der Waals surface area contributed by atoms with E-state index in [1.54, 1.807) is 0 Å². The van der Waals surface area contributed by atoms with Gasteiger partial charge in [0.15, 0.2) is 0 Å². The lowest BCUT2D eigenvalue weighted by atomic mass is 9.87. The van der Waals surface area contributed by atoms with E-state index in [1.165, 1.54) is 5.56 Å². The van der Waals surface area contributed by atoms with Crippen LogP contribution in [0.2, 0.25) is 0 Å². The maximum Gasteiger partial charge on any atom is 0.119 e. The van der Waals surface area contributed by atoms with Crippen molar-refractivity contribution in [3.8, 4) is 5.75 Å². The van der Waals surface area contributed by atoms with Crippen LogP contribution in [-0.4, -0.2) is 4.99 Å². The van der Waals surface area contributed by atoms with Crippen molar-refractivity contribution in [3.05, 3.63) is 65.2 Å². The number of nitrogens with two attached hydrogens (primary N) is 1. The van der Waals surface area contributed by atoms with Crippen LogP contribution in [0.4, 0.5) is 0 Å². The molecule has 2 nitrogen and oxygen atoms in total. The summed E-state index contributed by atoms with van der Waals surface area (Å²) in [6, 6.07) is 16.0. The molecule has 110 valence electrons. The highest BCUT2D eigenvalue weighted by Gasteiger charge is 2.13. The van der Waals surface area contributed by atoms with E-state index in [2.05, 4.69) is 32.9 Å². The molecule has 0 amide bonds. The quantitative estimate of drug-likeness (QED) is 0.859. The third-order valence-corrected chi connectivity index (χ3v) is 3.62. The molecule has 2 rings (SSSR count). The molecule has 0 spiro atoms. The molecule has 0 saturated heterocycles. The van der Waals surface area contributed by atoms with Gasteiger partial charge in [-0.3, -0.25) is 0 Å². The van der Waals surface area contributed by atoms with Crippen molar-refractivity contribution in [2.75, 3.05) is 0 Å². The summed E-state index contributed by atoms with van der Waals surface area (Å²) in [6.45, 7) is 7.05. The SMILES string of the molecule is CC(C)(C)c1ccc(OCc2ccccc2C(N)=S)cc1. The van der Waals surface area contributed by atoms with E-state index in [1.807, 2.05) is 36.4 Å². The van der Waals surface area contributed by atoms with E-state index in [0.29, 0.717) is 11.6 Å². The summed E-state index contributed by atoms with van der Waals surface area (Å²) in [7, 11) is 0. The molecular weight excluding hydrogens is 278 g/mol. The first-order valence-electron chi connectivity index (χ1n) is 6.99. The molecule has 21 heavy (non-hydrogen) atoms. The third kappa shape index (κ3) is 4.05.